The van der Waals surface area contributed by atoms with Crippen LogP contribution in [0.5, 0.6) is 0 Å². The summed E-state index contributed by atoms with van der Waals surface area (Å²) in [6.07, 6.45) is 3.11. The SMILES string of the molecule is CCOC(=O)NC1CCCN(c2c(C#N)cnc3c(C)cc(C)cc23)C1. The number of aromatic nitrogens is 1. The molecule has 6 heteroatoms. The van der Waals surface area contributed by atoms with Crippen molar-refractivity contribution in [3.8, 4) is 6.07 Å². The van der Waals surface area contributed by atoms with Crippen molar-refractivity contribution in [2.75, 3.05) is 24.6 Å². The molecule has 0 aliphatic carbocycles. The van der Waals surface area contributed by atoms with Gasteiger partial charge in [-0.05, 0) is 45.2 Å². The van der Waals surface area contributed by atoms with Gasteiger partial charge in [0.25, 0.3) is 0 Å². The van der Waals surface area contributed by atoms with Gasteiger partial charge in [0.05, 0.1) is 23.4 Å². The van der Waals surface area contributed by atoms with Crippen LogP contribution in [0.15, 0.2) is 18.3 Å². The second-order valence-corrected chi connectivity index (χ2v) is 6.76. The van der Waals surface area contributed by atoms with Gasteiger partial charge in [-0.25, -0.2) is 4.79 Å². The van der Waals surface area contributed by atoms with E-state index in [2.05, 4.69) is 40.3 Å². The number of ether oxygens (including phenoxy) is 1. The van der Waals surface area contributed by atoms with Crippen molar-refractivity contribution in [2.45, 2.75) is 39.7 Å². The molecule has 1 aliphatic heterocycles. The van der Waals surface area contributed by atoms with Gasteiger partial charge in [0.15, 0.2) is 0 Å². The standard InChI is InChI=1S/C20H24N4O2/c1-4-26-20(25)23-16-6-5-7-24(12-16)19-15(10-21)11-22-18-14(3)8-13(2)9-17(18)19/h8-9,11,16H,4-7,12H2,1-3H3,(H,23,25). The third-order valence-electron chi connectivity index (χ3n) is 4.73. The van der Waals surface area contributed by atoms with Gasteiger partial charge in [-0.1, -0.05) is 11.6 Å². The average Bonchev–Trinajstić information content (AvgIpc) is 2.61. The fraction of sp³-hybridized carbons (Fsp3) is 0.450. The van der Waals surface area contributed by atoms with Crippen LogP contribution in [0.3, 0.4) is 0 Å². The van der Waals surface area contributed by atoms with Crippen molar-refractivity contribution < 1.29 is 9.53 Å². The summed E-state index contributed by atoms with van der Waals surface area (Å²) in [4.78, 5) is 18.5. The van der Waals surface area contributed by atoms with Gasteiger partial charge in [-0.15, -0.1) is 0 Å². The van der Waals surface area contributed by atoms with Crippen LogP contribution in [-0.2, 0) is 4.74 Å². The summed E-state index contributed by atoms with van der Waals surface area (Å²) in [5, 5.41) is 13.5. The van der Waals surface area contributed by atoms with Crippen molar-refractivity contribution in [3.63, 3.8) is 0 Å². The van der Waals surface area contributed by atoms with E-state index >= 15 is 0 Å². The molecule has 0 saturated carbocycles. The molecule has 0 bridgehead atoms. The normalized spacial score (nSPS) is 17.0. The van der Waals surface area contributed by atoms with E-state index in [4.69, 9.17) is 4.74 Å². The van der Waals surface area contributed by atoms with Crippen LogP contribution < -0.4 is 10.2 Å². The van der Waals surface area contributed by atoms with Gasteiger partial charge in [-0.2, -0.15) is 5.26 Å². The number of pyridine rings is 1. The number of piperidine rings is 1. The highest BCUT2D eigenvalue weighted by Gasteiger charge is 2.25. The molecule has 1 saturated heterocycles. The fourth-order valence-electron chi connectivity index (χ4n) is 3.71. The Labute approximate surface area is 153 Å². The van der Waals surface area contributed by atoms with Crippen LogP contribution >= 0.6 is 0 Å². The maximum absolute atomic E-state index is 11.8. The Hall–Kier alpha value is -2.81. The molecule has 1 aromatic heterocycles. The molecule has 0 spiro atoms. The Bertz CT molecular complexity index is 872. The zero-order valence-electron chi connectivity index (χ0n) is 15.5. The summed E-state index contributed by atoms with van der Waals surface area (Å²) in [5.74, 6) is 0. The minimum Gasteiger partial charge on any atom is -0.450 e. The van der Waals surface area contributed by atoms with Crippen LogP contribution in [0.2, 0.25) is 0 Å². The zero-order valence-corrected chi connectivity index (χ0v) is 15.5. The molecular formula is C20H24N4O2. The Morgan fingerprint density at radius 1 is 1.46 bits per heavy atom. The Balaban J connectivity index is 1.98. The number of hydrogen-bond donors (Lipinski definition) is 1. The van der Waals surface area contributed by atoms with Crippen LogP contribution in [0.25, 0.3) is 10.9 Å². The van der Waals surface area contributed by atoms with E-state index < -0.39 is 0 Å². The number of alkyl carbamates (subject to hydrolysis) is 1. The predicted molar refractivity (Wildman–Crippen MR) is 101 cm³/mol. The number of aryl methyl sites for hydroxylation is 2. The number of hydrogen-bond acceptors (Lipinski definition) is 5. The summed E-state index contributed by atoms with van der Waals surface area (Å²) in [5.41, 5.74) is 4.65. The van der Waals surface area contributed by atoms with Gasteiger partial charge in [0.2, 0.25) is 0 Å². The lowest BCUT2D eigenvalue weighted by Crippen LogP contribution is -2.48. The van der Waals surface area contributed by atoms with Crippen molar-refractivity contribution >= 4 is 22.7 Å². The number of nitriles is 1. The van der Waals surface area contributed by atoms with Crippen LogP contribution in [-0.4, -0.2) is 36.8 Å². The van der Waals surface area contributed by atoms with E-state index in [9.17, 15) is 10.1 Å². The average molecular weight is 352 g/mol. The molecule has 1 fully saturated rings. The molecular weight excluding hydrogens is 328 g/mol. The van der Waals surface area contributed by atoms with E-state index in [0.29, 0.717) is 18.7 Å². The monoisotopic (exact) mass is 352 g/mol. The van der Waals surface area contributed by atoms with Crippen molar-refractivity contribution in [3.05, 3.63) is 35.0 Å². The van der Waals surface area contributed by atoms with E-state index in [1.165, 1.54) is 0 Å². The number of anilines is 1. The quantitative estimate of drug-likeness (QED) is 0.915. The predicted octanol–water partition coefficient (Wildman–Crippen LogP) is 3.44. The summed E-state index contributed by atoms with van der Waals surface area (Å²) in [6, 6.07) is 6.48. The number of nitrogens with zero attached hydrogens (tertiary/aromatic N) is 3. The summed E-state index contributed by atoms with van der Waals surface area (Å²) in [7, 11) is 0. The molecule has 1 amide bonds. The van der Waals surface area contributed by atoms with E-state index in [1.807, 2.05) is 6.92 Å². The van der Waals surface area contributed by atoms with Crippen molar-refractivity contribution in [2.24, 2.45) is 0 Å². The fourth-order valence-corrected chi connectivity index (χ4v) is 3.71. The van der Waals surface area contributed by atoms with Gasteiger partial charge < -0.3 is 15.0 Å². The van der Waals surface area contributed by atoms with Crippen LogP contribution in [0.1, 0.15) is 36.5 Å². The van der Waals surface area contributed by atoms with Crippen LogP contribution in [0, 0.1) is 25.2 Å². The largest absolute Gasteiger partial charge is 0.450 e. The maximum atomic E-state index is 11.8. The lowest BCUT2D eigenvalue weighted by Gasteiger charge is -2.35. The third kappa shape index (κ3) is 3.57. The van der Waals surface area contributed by atoms with Crippen LogP contribution in [0.4, 0.5) is 10.5 Å². The molecule has 1 aliphatic rings. The minimum atomic E-state index is -0.383. The van der Waals surface area contributed by atoms with Gasteiger partial charge >= 0.3 is 6.09 Å². The molecule has 1 atom stereocenters. The zero-order chi connectivity index (χ0) is 18.7. The van der Waals surface area contributed by atoms with E-state index in [0.717, 1.165) is 47.1 Å². The molecule has 2 aromatic rings. The highest BCUT2D eigenvalue weighted by atomic mass is 16.5. The lowest BCUT2D eigenvalue weighted by molar-refractivity contribution is 0.146. The maximum Gasteiger partial charge on any atom is 0.407 e. The number of fused-ring (bicyclic) bond motifs is 1. The summed E-state index contributed by atoms with van der Waals surface area (Å²) < 4.78 is 5.00. The third-order valence-corrected chi connectivity index (χ3v) is 4.73. The number of nitrogens with one attached hydrogen (secondary N) is 1. The van der Waals surface area contributed by atoms with Crippen molar-refractivity contribution in [1.82, 2.24) is 10.3 Å². The molecule has 1 unspecified atom stereocenters. The first kappa shape index (κ1) is 18.0. The first-order valence-corrected chi connectivity index (χ1v) is 9.01. The minimum absolute atomic E-state index is 0.00321. The van der Waals surface area contributed by atoms with E-state index in [-0.39, 0.29) is 12.1 Å². The van der Waals surface area contributed by atoms with Gasteiger partial charge in [0.1, 0.15) is 6.07 Å². The molecule has 6 nitrogen and oxygen atoms in total. The van der Waals surface area contributed by atoms with Gasteiger partial charge in [0, 0.05) is 30.7 Å². The summed E-state index contributed by atoms with van der Waals surface area (Å²) in [6.45, 7) is 7.74. The number of benzene rings is 1. The van der Waals surface area contributed by atoms with Gasteiger partial charge in [-0.3, -0.25) is 4.98 Å². The first-order chi connectivity index (χ1) is 12.5. The Morgan fingerprint density at radius 2 is 2.27 bits per heavy atom. The molecule has 0 radical (unpaired) electrons. The van der Waals surface area contributed by atoms with E-state index in [1.54, 1.807) is 13.1 Å². The number of rotatable bonds is 3. The second kappa shape index (κ2) is 7.61. The molecule has 26 heavy (non-hydrogen) atoms. The topological polar surface area (TPSA) is 78.2 Å². The summed E-state index contributed by atoms with van der Waals surface area (Å²) >= 11 is 0. The number of amides is 1. The molecule has 1 aromatic carbocycles. The smallest absolute Gasteiger partial charge is 0.407 e. The Kier molecular flexibility index (Phi) is 5.27. The lowest BCUT2D eigenvalue weighted by atomic mass is 9.99. The first-order valence-electron chi connectivity index (χ1n) is 9.01. The Morgan fingerprint density at radius 3 is 3.00 bits per heavy atom. The highest BCUT2D eigenvalue weighted by Crippen LogP contribution is 2.33. The number of carbonyl (C=O) groups is 1. The number of carbonyl (C=O) groups excluding carboxylic acids is 1. The molecule has 3 rings (SSSR count). The van der Waals surface area contributed by atoms with Crippen molar-refractivity contribution in [1.29, 1.82) is 5.26 Å². The second-order valence-electron chi connectivity index (χ2n) is 6.76. The highest BCUT2D eigenvalue weighted by molar-refractivity contribution is 5.96. The molecule has 2 heterocycles. The molecule has 136 valence electrons. The molecule has 1 N–H and O–H groups in total.